The van der Waals surface area contributed by atoms with Crippen LogP contribution in [-0.4, -0.2) is 0 Å². The summed E-state index contributed by atoms with van der Waals surface area (Å²) in [5.41, 5.74) is 7.53. The summed E-state index contributed by atoms with van der Waals surface area (Å²) >= 11 is 7.07. The minimum Gasteiger partial charge on any atom is -0.320 e. The Morgan fingerprint density at radius 2 is 2.12 bits per heavy atom. The predicted molar refractivity (Wildman–Crippen MR) is 76.5 cm³/mol. The van der Waals surface area contributed by atoms with Gasteiger partial charge in [-0.15, -0.1) is 22.7 Å². The van der Waals surface area contributed by atoms with E-state index in [0.29, 0.717) is 0 Å². The Labute approximate surface area is 112 Å². The smallest absolute Gasteiger partial charge is 0.0704 e. The molecule has 1 nitrogen and oxygen atoms in total. The maximum atomic E-state index is 6.29. The lowest BCUT2D eigenvalue weighted by Crippen LogP contribution is -2.10. The maximum Gasteiger partial charge on any atom is 0.0704 e. The fourth-order valence-electron chi connectivity index (χ4n) is 1.67. The molecule has 2 aromatic rings. The molecule has 0 aliphatic heterocycles. The highest BCUT2D eigenvalue weighted by Crippen LogP contribution is 2.34. The van der Waals surface area contributed by atoms with Crippen LogP contribution >= 0.6 is 38.6 Å². The molecule has 2 rings (SSSR count). The SMILES string of the molecule is CCc1ccc(C(N)c2cc(Br)sc2C)s1. The van der Waals surface area contributed by atoms with Crippen molar-refractivity contribution in [1.82, 2.24) is 0 Å². The van der Waals surface area contributed by atoms with Gasteiger partial charge in [-0.3, -0.25) is 0 Å². The molecule has 1 atom stereocenters. The summed E-state index contributed by atoms with van der Waals surface area (Å²) < 4.78 is 1.16. The average molecular weight is 316 g/mol. The van der Waals surface area contributed by atoms with Crippen LogP contribution in [-0.2, 0) is 6.42 Å². The van der Waals surface area contributed by atoms with Crippen molar-refractivity contribution in [3.63, 3.8) is 0 Å². The average Bonchev–Trinajstić information content (AvgIpc) is 2.84. The van der Waals surface area contributed by atoms with Gasteiger partial charge >= 0.3 is 0 Å². The second-order valence-electron chi connectivity index (χ2n) is 3.70. The van der Waals surface area contributed by atoms with E-state index in [1.54, 1.807) is 11.3 Å². The van der Waals surface area contributed by atoms with Gasteiger partial charge in [0.15, 0.2) is 0 Å². The van der Waals surface area contributed by atoms with Crippen LogP contribution < -0.4 is 5.73 Å². The third-order valence-electron chi connectivity index (χ3n) is 2.60. The Kier molecular flexibility index (Phi) is 3.85. The molecule has 4 heteroatoms. The van der Waals surface area contributed by atoms with Gasteiger partial charge in [0.25, 0.3) is 0 Å². The zero-order chi connectivity index (χ0) is 11.7. The molecule has 0 aromatic carbocycles. The van der Waals surface area contributed by atoms with E-state index in [0.717, 1.165) is 10.2 Å². The molecule has 2 N–H and O–H groups in total. The minimum absolute atomic E-state index is 0.0212. The molecule has 86 valence electrons. The number of nitrogens with two attached hydrogens (primary N) is 1. The molecule has 0 spiro atoms. The van der Waals surface area contributed by atoms with Crippen LogP contribution in [0.2, 0.25) is 0 Å². The molecule has 2 aromatic heterocycles. The second kappa shape index (κ2) is 5.00. The van der Waals surface area contributed by atoms with Crippen molar-refractivity contribution in [2.75, 3.05) is 0 Å². The minimum atomic E-state index is 0.0212. The topological polar surface area (TPSA) is 26.0 Å². The predicted octanol–water partition coefficient (Wildman–Crippen LogP) is 4.49. The summed E-state index contributed by atoms with van der Waals surface area (Å²) in [5, 5.41) is 0. The van der Waals surface area contributed by atoms with Gasteiger partial charge in [0.1, 0.15) is 0 Å². The van der Waals surface area contributed by atoms with E-state index in [4.69, 9.17) is 5.73 Å². The summed E-state index contributed by atoms with van der Waals surface area (Å²) in [7, 11) is 0. The third kappa shape index (κ3) is 2.40. The van der Waals surface area contributed by atoms with Crippen LogP contribution in [0.15, 0.2) is 22.0 Å². The van der Waals surface area contributed by atoms with E-state index in [1.807, 2.05) is 11.3 Å². The van der Waals surface area contributed by atoms with E-state index in [2.05, 4.69) is 48.0 Å². The monoisotopic (exact) mass is 315 g/mol. The van der Waals surface area contributed by atoms with Crippen molar-refractivity contribution in [3.8, 4) is 0 Å². The lowest BCUT2D eigenvalue weighted by atomic mass is 10.1. The number of hydrogen-bond donors (Lipinski definition) is 1. The largest absolute Gasteiger partial charge is 0.320 e. The first kappa shape index (κ1) is 12.3. The molecule has 0 amide bonds. The summed E-state index contributed by atoms with van der Waals surface area (Å²) in [6.45, 7) is 4.30. The molecule has 1 unspecified atom stereocenters. The molecule has 0 saturated carbocycles. The van der Waals surface area contributed by atoms with Gasteiger partial charge in [-0.05, 0) is 53.0 Å². The summed E-state index contributed by atoms with van der Waals surface area (Å²) in [4.78, 5) is 3.95. The first-order valence-corrected chi connectivity index (χ1v) is 7.64. The Morgan fingerprint density at radius 3 is 2.62 bits per heavy atom. The van der Waals surface area contributed by atoms with Gasteiger partial charge in [0.05, 0.1) is 9.83 Å². The normalized spacial score (nSPS) is 13.0. The Hall–Kier alpha value is -0.160. The van der Waals surface area contributed by atoms with E-state index in [1.165, 1.54) is 20.2 Å². The van der Waals surface area contributed by atoms with E-state index in [9.17, 15) is 0 Å². The van der Waals surface area contributed by atoms with Crippen molar-refractivity contribution in [1.29, 1.82) is 0 Å². The number of halogens is 1. The highest BCUT2D eigenvalue weighted by molar-refractivity contribution is 9.11. The Balaban J connectivity index is 2.31. The van der Waals surface area contributed by atoms with Crippen LogP contribution in [0.3, 0.4) is 0 Å². The van der Waals surface area contributed by atoms with E-state index >= 15 is 0 Å². The van der Waals surface area contributed by atoms with E-state index < -0.39 is 0 Å². The molecule has 0 fully saturated rings. The van der Waals surface area contributed by atoms with Crippen molar-refractivity contribution < 1.29 is 0 Å². The molecule has 0 aliphatic carbocycles. The molecular formula is C12H14BrNS2. The maximum absolute atomic E-state index is 6.29. The highest BCUT2D eigenvalue weighted by atomic mass is 79.9. The summed E-state index contributed by atoms with van der Waals surface area (Å²) in [5.74, 6) is 0. The number of aryl methyl sites for hydroxylation is 2. The Morgan fingerprint density at radius 1 is 1.38 bits per heavy atom. The van der Waals surface area contributed by atoms with Crippen molar-refractivity contribution in [3.05, 3.63) is 42.2 Å². The Bertz CT molecular complexity index is 487. The quantitative estimate of drug-likeness (QED) is 0.887. The van der Waals surface area contributed by atoms with Gasteiger partial charge < -0.3 is 5.73 Å². The van der Waals surface area contributed by atoms with Gasteiger partial charge in [0.2, 0.25) is 0 Å². The van der Waals surface area contributed by atoms with Crippen LogP contribution in [0.25, 0.3) is 0 Å². The molecule has 0 saturated heterocycles. The van der Waals surface area contributed by atoms with Crippen molar-refractivity contribution in [2.24, 2.45) is 5.73 Å². The fourth-order valence-corrected chi connectivity index (χ4v) is 4.40. The van der Waals surface area contributed by atoms with Crippen LogP contribution in [0.4, 0.5) is 0 Å². The van der Waals surface area contributed by atoms with Gasteiger partial charge in [-0.1, -0.05) is 6.92 Å². The van der Waals surface area contributed by atoms with Crippen LogP contribution in [0.5, 0.6) is 0 Å². The highest BCUT2D eigenvalue weighted by Gasteiger charge is 2.15. The fraction of sp³-hybridized carbons (Fsp3) is 0.333. The molecule has 0 aliphatic rings. The molecule has 16 heavy (non-hydrogen) atoms. The lowest BCUT2D eigenvalue weighted by Gasteiger charge is -2.08. The lowest BCUT2D eigenvalue weighted by molar-refractivity contribution is 0.891. The molecule has 0 radical (unpaired) electrons. The number of rotatable bonds is 3. The van der Waals surface area contributed by atoms with Gasteiger partial charge in [-0.2, -0.15) is 0 Å². The standard InChI is InChI=1S/C12H14BrNS2/c1-3-8-4-5-10(16-8)12(14)9-6-11(13)15-7(9)2/h4-6,12H,3,14H2,1-2H3. The molecular weight excluding hydrogens is 302 g/mol. The van der Waals surface area contributed by atoms with Gasteiger partial charge in [0, 0.05) is 14.6 Å². The summed E-state index contributed by atoms with van der Waals surface area (Å²) in [6.07, 6.45) is 1.09. The van der Waals surface area contributed by atoms with Crippen LogP contribution in [0.1, 0.15) is 33.2 Å². The zero-order valence-electron chi connectivity index (χ0n) is 9.29. The zero-order valence-corrected chi connectivity index (χ0v) is 12.5. The van der Waals surface area contributed by atoms with Gasteiger partial charge in [-0.25, -0.2) is 0 Å². The number of thiophene rings is 2. The number of hydrogen-bond acceptors (Lipinski definition) is 3. The van der Waals surface area contributed by atoms with Crippen molar-refractivity contribution >= 4 is 38.6 Å². The molecule has 0 bridgehead atoms. The first-order chi connectivity index (χ1) is 7.61. The second-order valence-corrected chi connectivity index (χ2v) is 7.53. The van der Waals surface area contributed by atoms with Crippen molar-refractivity contribution in [2.45, 2.75) is 26.3 Å². The first-order valence-electron chi connectivity index (χ1n) is 5.21. The van der Waals surface area contributed by atoms with E-state index in [-0.39, 0.29) is 6.04 Å². The molecule has 2 heterocycles. The third-order valence-corrected chi connectivity index (χ3v) is 5.48. The van der Waals surface area contributed by atoms with Crippen LogP contribution in [0, 0.1) is 6.92 Å². The summed E-state index contributed by atoms with van der Waals surface area (Å²) in [6, 6.07) is 6.49.